The molecule has 2 rings (SSSR count). The molecule has 1 heterocycles. The Morgan fingerprint density at radius 2 is 1.63 bits per heavy atom. The van der Waals surface area contributed by atoms with Gasteiger partial charge < -0.3 is 23.7 Å². The first-order valence-electron chi connectivity index (χ1n) is 6.21. The highest BCUT2D eigenvalue weighted by Crippen LogP contribution is 2.35. The summed E-state index contributed by atoms with van der Waals surface area (Å²) in [5, 5.41) is 0. The van der Waals surface area contributed by atoms with Gasteiger partial charge in [0.25, 0.3) is 0 Å². The monoisotopic (exact) mass is 274 g/mol. The molecule has 0 bridgehead atoms. The molecule has 1 saturated heterocycles. The van der Waals surface area contributed by atoms with Crippen LogP contribution in [0.2, 0.25) is 0 Å². The Kier molecular flexibility index (Phi) is 4.73. The Labute approximate surface area is 111 Å². The molecule has 0 aromatic rings. The Balaban J connectivity index is 1.99. The molecule has 0 N–H and O–H groups in total. The van der Waals surface area contributed by atoms with Crippen LogP contribution in [0.5, 0.6) is 0 Å². The molecule has 3 atom stereocenters. The lowest BCUT2D eigenvalue weighted by atomic mass is 10.1. The molecule has 0 amide bonds. The smallest absolute Gasteiger partial charge is 0.302 e. The molecule has 2 fully saturated rings. The Hall–Kier alpha value is -1.18. The minimum Gasteiger partial charge on any atom is -0.462 e. The van der Waals surface area contributed by atoms with E-state index in [9.17, 15) is 9.59 Å². The lowest BCUT2D eigenvalue weighted by Crippen LogP contribution is -2.38. The van der Waals surface area contributed by atoms with Gasteiger partial charge in [0.2, 0.25) is 0 Å². The first-order valence-corrected chi connectivity index (χ1v) is 6.21. The highest BCUT2D eigenvalue weighted by Gasteiger charge is 2.44. The second-order valence-electron chi connectivity index (χ2n) is 4.66. The summed E-state index contributed by atoms with van der Waals surface area (Å²) in [6.45, 7) is 3.00. The summed E-state index contributed by atoms with van der Waals surface area (Å²) < 4.78 is 26.1. The van der Waals surface area contributed by atoms with Crippen molar-refractivity contribution in [3.63, 3.8) is 0 Å². The maximum absolute atomic E-state index is 11.1. The minimum absolute atomic E-state index is 0.145. The zero-order chi connectivity index (χ0) is 13.8. The Morgan fingerprint density at radius 3 is 2.21 bits per heavy atom. The molecular formula is C12H18O7. The predicted octanol–water partition coefficient (Wildman–Crippen LogP) is 0.564. The van der Waals surface area contributed by atoms with Gasteiger partial charge in [-0.15, -0.1) is 0 Å². The van der Waals surface area contributed by atoms with Crippen LogP contribution in [0, 0.1) is 5.92 Å². The molecule has 19 heavy (non-hydrogen) atoms. The Morgan fingerprint density at radius 1 is 1.00 bits per heavy atom. The summed E-state index contributed by atoms with van der Waals surface area (Å²) >= 11 is 0. The van der Waals surface area contributed by atoms with Crippen LogP contribution < -0.4 is 0 Å². The first kappa shape index (κ1) is 14.2. The van der Waals surface area contributed by atoms with E-state index in [1.807, 2.05) is 0 Å². The van der Waals surface area contributed by atoms with Gasteiger partial charge in [-0.3, -0.25) is 9.59 Å². The van der Waals surface area contributed by atoms with E-state index in [0.717, 1.165) is 0 Å². The number of hydrogen-bond donors (Lipinski definition) is 0. The highest BCUT2D eigenvalue weighted by atomic mass is 16.8. The van der Waals surface area contributed by atoms with Crippen LogP contribution in [0.25, 0.3) is 0 Å². The molecule has 1 aliphatic carbocycles. The van der Waals surface area contributed by atoms with Crippen molar-refractivity contribution in [2.75, 3.05) is 13.6 Å². The van der Waals surface area contributed by atoms with Crippen molar-refractivity contribution >= 4 is 11.9 Å². The summed E-state index contributed by atoms with van der Waals surface area (Å²) in [5.74, 6) is -0.872. The van der Waals surface area contributed by atoms with Gasteiger partial charge in [-0.25, -0.2) is 0 Å². The third kappa shape index (κ3) is 3.89. The number of ether oxygens (including phenoxy) is 5. The molecule has 0 radical (unpaired) electrons. The largest absolute Gasteiger partial charge is 0.462 e. The van der Waals surface area contributed by atoms with Gasteiger partial charge in [-0.05, 0) is 6.42 Å². The molecule has 3 unspecified atom stereocenters. The van der Waals surface area contributed by atoms with Gasteiger partial charge in [-0.1, -0.05) is 0 Å². The summed E-state index contributed by atoms with van der Waals surface area (Å²) in [6, 6.07) is 0. The molecule has 7 heteroatoms. The maximum atomic E-state index is 11.1. The fourth-order valence-corrected chi connectivity index (χ4v) is 2.51. The third-order valence-electron chi connectivity index (χ3n) is 3.14. The topological polar surface area (TPSA) is 80.3 Å². The van der Waals surface area contributed by atoms with E-state index in [1.54, 1.807) is 0 Å². The lowest BCUT2D eigenvalue weighted by molar-refractivity contribution is -0.319. The van der Waals surface area contributed by atoms with E-state index >= 15 is 0 Å². The van der Waals surface area contributed by atoms with Crippen LogP contribution in [-0.2, 0) is 33.3 Å². The van der Waals surface area contributed by atoms with E-state index in [-0.39, 0.29) is 43.7 Å². The van der Waals surface area contributed by atoms with Crippen molar-refractivity contribution in [1.29, 1.82) is 0 Å². The van der Waals surface area contributed by atoms with Crippen molar-refractivity contribution in [1.82, 2.24) is 0 Å². The number of esters is 2. The Bertz CT molecular complexity index is 337. The average Bonchev–Trinajstić information content (AvgIpc) is 2.71. The minimum atomic E-state index is -0.501. The number of carbonyl (C=O) groups is 2. The molecule has 1 saturated carbocycles. The zero-order valence-corrected chi connectivity index (χ0v) is 11.0. The van der Waals surface area contributed by atoms with Crippen LogP contribution >= 0.6 is 0 Å². The molecule has 0 spiro atoms. The standard InChI is InChI=1S/C12H18O7/c1-7(13)18-9-3-10(11(4-9)19-8(2)14)12-16-5-15-6-17-12/h9-12H,3-6H2,1-2H3. The van der Waals surface area contributed by atoms with Crippen molar-refractivity contribution in [3.05, 3.63) is 0 Å². The number of hydrogen-bond acceptors (Lipinski definition) is 7. The highest BCUT2D eigenvalue weighted by molar-refractivity contribution is 5.67. The van der Waals surface area contributed by atoms with Gasteiger partial charge in [0.1, 0.15) is 12.2 Å². The summed E-state index contributed by atoms with van der Waals surface area (Å²) in [5.41, 5.74) is 0. The average molecular weight is 274 g/mol. The van der Waals surface area contributed by atoms with Gasteiger partial charge in [-0.2, -0.15) is 0 Å². The second-order valence-corrected chi connectivity index (χ2v) is 4.66. The fraction of sp³-hybridized carbons (Fsp3) is 0.833. The zero-order valence-electron chi connectivity index (χ0n) is 11.0. The molecule has 0 aromatic carbocycles. The second kappa shape index (κ2) is 6.31. The van der Waals surface area contributed by atoms with Crippen LogP contribution in [0.15, 0.2) is 0 Å². The van der Waals surface area contributed by atoms with Gasteiger partial charge in [0.05, 0.1) is 5.92 Å². The SMILES string of the molecule is CC(=O)OC1CC(OC(C)=O)C(C2OCOCO2)C1. The van der Waals surface area contributed by atoms with Crippen LogP contribution in [0.3, 0.4) is 0 Å². The van der Waals surface area contributed by atoms with E-state index in [2.05, 4.69) is 0 Å². The normalized spacial score (nSPS) is 32.0. The van der Waals surface area contributed by atoms with E-state index in [4.69, 9.17) is 23.7 Å². The molecule has 0 aromatic heterocycles. The van der Waals surface area contributed by atoms with E-state index < -0.39 is 6.29 Å². The number of rotatable bonds is 3. The van der Waals surface area contributed by atoms with Gasteiger partial charge in [0.15, 0.2) is 19.9 Å². The van der Waals surface area contributed by atoms with E-state index in [1.165, 1.54) is 13.8 Å². The quantitative estimate of drug-likeness (QED) is 0.696. The lowest BCUT2D eigenvalue weighted by Gasteiger charge is -2.30. The van der Waals surface area contributed by atoms with Crippen LogP contribution in [0.1, 0.15) is 26.7 Å². The van der Waals surface area contributed by atoms with Gasteiger partial charge >= 0.3 is 11.9 Å². The third-order valence-corrected chi connectivity index (χ3v) is 3.14. The van der Waals surface area contributed by atoms with Gasteiger partial charge in [0, 0.05) is 20.3 Å². The van der Waals surface area contributed by atoms with Crippen molar-refractivity contribution in [2.24, 2.45) is 5.92 Å². The summed E-state index contributed by atoms with van der Waals surface area (Å²) in [4.78, 5) is 22.1. The van der Waals surface area contributed by atoms with Crippen LogP contribution in [0.4, 0.5) is 0 Å². The van der Waals surface area contributed by atoms with Crippen LogP contribution in [-0.4, -0.2) is 44.0 Å². The molecular weight excluding hydrogens is 256 g/mol. The molecule has 7 nitrogen and oxygen atoms in total. The molecule has 1 aliphatic heterocycles. The summed E-state index contributed by atoms with van der Waals surface area (Å²) in [6.07, 6.45) is -0.138. The molecule has 108 valence electrons. The maximum Gasteiger partial charge on any atom is 0.302 e. The first-order chi connectivity index (χ1) is 9.06. The van der Waals surface area contributed by atoms with E-state index in [0.29, 0.717) is 12.8 Å². The van der Waals surface area contributed by atoms with Crippen molar-refractivity contribution in [2.45, 2.75) is 45.2 Å². The fourth-order valence-electron chi connectivity index (χ4n) is 2.51. The predicted molar refractivity (Wildman–Crippen MR) is 60.6 cm³/mol. The number of carbonyl (C=O) groups excluding carboxylic acids is 2. The van der Waals surface area contributed by atoms with Crippen molar-refractivity contribution < 1.29 is 33.3 Å². The van der Waals surface area contributed by atoms with Crippen molar-refractivity contribution in [3.8, 4) is 0 Å². The summed E-state index contributed by atoms with van der Waals surface area (Å²) in [7, 11) is 0. The molecule has 2 aliphatic rings.